The molecule has 0 spiro atoms. The SMILES string of the molecule is CCOc1ccc(C2COCCN2CCCNC(=O)c2cccc3ccncc23)cc1. The van der Waals surface area contributed by atoms with Crippen LogP contribution in [0.1, 0.15) is 35.3 Å². The summed E-state index contributed by atoms with van der Waals surface area (Å²) in [6.07, 6.45) is 4.37. The van der Waals surface area contributed by atoms with E-state index in [0.29, 0.717) is 25.3 Å². The van der Waals surface area contributed by atoms with Crippen molar-refractivity contribution in [3.05, 3.63) is 72.1 Å². The summed E-state index contributed by atoms with van der Waals surface area (Å²) in [6.45, 7) is 6.49. The van der Waals surface area contributed by atoms with Gasteiger partial charge in [-0.2, -0.15) is 0 Å². The summed E-state index contributed by atoms with van der Waals surface area (Å²) in [6, 6.07) is 16.2. The summed E-state index contributed by atoms with van der Waals surface area (Å²) in [5.74, 6) is 0.838. The van der Waals surface area contributed by atoms with Gasteiger partial charge in [-0.15, -0.1) is 0 Å². The minimum absolute atomic E-state index is 0.0522. The van der Waals surface area contributed by atoms with Gasteiger partial charge in [0, 0.05) is 43.0 Å². The maximum absolute atomic E-state index is 12.7. The monoisotopic (exact) mass is 419 g/mol. The third-order valence-electron chi connectivity index (χ3n) is 5.65. The lowest BCUT2D eigenvalue weighted by atomic mass is 10.0. The fraction of sp³-hybridized carbons (Fsp3) is 0.360. The Bertz CT molecular complexity index is 1000. The Morgan fingerprint density at radius 1 is 1.23 bits per heavy atom. The summed E-state index contributed by atoms with van der Waals surface area (Å²) in [5, 5.41) is 4.97. The molecule has 1 saturated heterocycles. The number of aromatic nitrogens is 1. The molecule has 4 rings (SSSR count). The molecule has 0 bridgehead atoms. The molecule has 1 N–H and O–H groups in total. The first-order valence-corrected chi connectivity index (χ1v) is 10.9. The van der Waals surface area contributed by atoms with Gasteiger partial charge in [-0.25, -0.2) is 0 Å². The molecule has 0 radical (unpaired) electrons. The first-order valence-electron chi connectivity index (χ1n) is 10.9. The Hall–Kier alpha value is -2.96. The third-order valence-corrected chi connectivity index (χ3v) is 5.65. The number of nitrogens with one attached hydrogen (secondary N) is 1. The normalized spacial score (nSPS) is 16.9. The van der Waals surface area contributed by atoms with E-state index in [1.165, 1.54) is 5.56 Å². The van der Waals surface area contributed by atoms with Crippen LogP contribution in [0.2, 0.25) is 0 Å². The molecule has 1 atom stereocenters. The number of fused-ring (bicyclic) bond motifs is 1. The van der Waals surface area contributed by atoms with Gasteiger partial charge in [-0.05, 0) is 48.6 Å². The minimum atomic E-state index is -0.0522. The van der Waals surface area contributed by atoms with Crippen LogP contribution < -0.4 is 10.1 Å². The quantitative estimate of drug-likeness (QED) is 0.562. The lowest BCUT2D eigenvalue weighted by Crippen LogP contribution is -2.41. The largest absolute Gasteiger partial charge is 0.494 e. The fourth-order valence-corrected chi connectivity index (χ4v) is 4.06. The molecule has 1 unspecified atom stereocenters. The Balaban J connectivity index is 1.32. The van der Waals surface area contributed by atoms with E-state index in [-0.39, 0.29) is 11.9 Å². The minimum Gasteiger partial charge on any atom is -0.494 e. The number of nitrogens with zero attached hydrogens (tertiary/aromatic N) is 2. The molecule has 1 amide bonds. The zero-order chi connectivity index (χ0) is 21.5. The number of carbonyl (C=O) groups excluding carboxylic acids is 1. The molecule has 1 aromatic heterocycles. The number of carbonyl (C=O) groups is 1. The second kappa shape index (κ2) is 10.4. The van der Waals surface area contributed by atoms with Crippen molar-refractivity contribution in [2.45, 2.75) is 19.4 Å². The van der Waals surface area contributed by atoms with Crippen LogP contribution in [0.4, 0.5) is 0 Å². The van der Waals surface area contributed by atoms with E-state index in [0.717, 1.165) is 42.6 Å². The van der Waals surface area contributed by atoms with Crippen LogP contribution in [0.3, 0.4) is 0 Å². The van der Waals surface area contributed by atoms with Gasteiger partial charge in [-0.3, -0.25) is 14.7 Å². The predicted molar refractivity (Wildman–Crippen MR) is 121 cm³/mol. The van der Waals surface area contributed by atoms with Crippen molar-refractivity contribution >= 4 is 16.7 Å². The number of rotatable bonds is 8. The summed E-state index contributed by atoms with van der Waals surface area (Å²) >= 11 is 0. The van der Waals surface area contributed by atoms with Gasteiger partial charge >= 0.3 is 0 Å². The number of hydrogen-bond donors (Lipinski definition) is 1. The number of pyridine rings is 1. The highest BCUT2D eigenvalue weighted by molar-refractivity contribution is 6.06. The van der Waals surface area contributed by atoms with Crippen LogP contribution in [0.15, 0.2) is 60.9 Å². The maximum atomic E-state index is 12.7. The number of morpholine rings is 1. The molecule has 1 aliphatic heterocycles. The molecule has 1 fully saturated rings. The summed E-state index contributed by atoms with van der Waals surface area (Å²) < 4.78 is 11.3. The number of amides is 1. The second-order valence-electron chi connectivity index (χ2n) is 7.64. The van der Waals surface area contributed by atoms with Crippen LogP contribution in [0.25, 0.3) is 10.8 Å². The molecule has 0 aliphatic carbocycles. The predicted octanol–water partition coefficient (Wildman–Crippen LogP) is 3.83. The molecular formula is C25H29N3O3. The average molecular weight is 420 g/mol. The Labute approximate surface area is 183 Å². The highest BCUT2D eigenvalue weighted by Gasteiger charge is 2.24. The van der Waals surface area contributed by atoms with Gasteiger partial charge in [-0.1, -0.05) is 24.3 Å². The van der Waals surface area contributed by atoms with Gasteiger partial charge in [0.1, 0.15) is 5.75 Å². The van der Waals surface area contributed by atoms with Gasteiger partial charge in [0.25, 0.3) is 5.91 Å². The molecule has 0 saturated carbocycles. The standard InChI is InChI=1S/C25H29N3O3/c1-2-31-21-9-7-20(8-10-21)24-18-30-16-15-28(24)14-4-12-27-25(29)22-6-3-5-19-11-13-26-17-23(19)22/h3,5-11,13,17,24H,2,4,12,14-16,18H2,1H3,(H,27,29). The molecule has 2 aromatic carbocycles. The van der Waals surface area contributed by atoms with Crippen molar-refractivity contribution in [2.24, 2.45) is 0 Å². The number of hydrogen-bond acceptors (Lipinski definition) is 5. The van der Waals surface area contributed by atoms with E-state index in [4.69, 9.17) is 9.47 Å². The summed E-state index contributed by atoms with van der Waals surface area (Å²) in [4.78, 5) is 19.3. The van der Waals surface area contributed by atoms with Gasteiger partial charge < -0.3 is 14.8 Å². The molecule has 1 aliphatic rings. The van der Waals surface area contributed by atoms with Crippen LogP contribution in [-0.2, 0) is 4.74 Å². The van der Waals surface area contributed by atoms with Crippen molar-refractivity contribution < 1.29 is 14.3 Å². The zero-order valence-electron chi connectivity index (χ0n) is 17.9. The van der Waals surface area contributed by atoms with Gasteiger partial charge in [0.2, 0.25) is 0 Å². The lowest BCUT2D eigenvalue weighted by molar-refractivity contribution is -0.00878. The van der Waals surface area contributed by atoms with Crippen LogP contribution in [-0.4, -0.2) is 55.2 Å². The smallest absolute Gasteiger partial charge is 0.251 e. The first kappa shape index (κ1) is 21.3. The van der Waals surface area contributed by atoms with Crippen LogP contribution in [0, 0.1) is 0 Å². The van der Waals surface area contributed by atoms with Crippen molar-refractivity contribution in [1.82, 2.24) is 15.2 Å². The number of ether oxygens (including phenoxy) is 2. The zero-order valence-corrected chi connectivity index (χ0v) is 17.9. The van der Waals surface area contributed by atoms with Crippen molar-refractivity contribution in [3.8, 4) is 5.75 Å². The maximum Gasteiger partial charge on any atom is 0.251 e. The summed E-state index contributed by atoms with van der Waals surface area (Å²) in [5.41, 5.74) is 1.90. The van der Waals surface area contributed by atoms with Crippen molar-refractivity contribution in [3.63, 3.8) is 0 Å². The fourth-order valence-electron chi connectivity index (χ4n) is 4.06. The Kier molecular flexibility index (Phi) is 7.12. The van der Waals surface area contributed by atoms with E-state index >= 15 is 0 Å². The van der Waals surface area contributed by atoms with Gasteiger partial charge in [0.05, 0.1) is 25.9 Å². The lowest BCUT2D eigenvalue weighted by Gasteiger charge is -2.36. The molecular weight excluding hydrogens is 390 g/mol. The van der Waals surface area contributed by atoms with E-state index in [1.807, 2.05) is 43.3 Å². The molecule has 31 heavy (non-hydrogen) atoms. The molecule has 6 heteroatoms. The van der Waals surface area contributed by atoms with Gasteiger partial charge in [0.15, 0.2) is 0 Å². The van der Waals surface area contributed by atoms with Crippen molar-refractivity contribution in [2.75, 3.05) is 39.5 Å². The topological polar surface area (TPSA) is 63.7 Å². The Morgan fingerprint density at radius 3 is 2.94 bits per heavy atom. The van der Waals surface area contributed by atoms with E-state index < -0.39 is 0 Å². The van der Waals surface area contributed by atoms with E-state index in [9.17, 15) is 4.79 Å². The van der Waals surface area contributed by atoms with E-state index in [1.54, 1.807) is 12.4 Å². The number of benzene rings is 2. The van der Waals surface area contributed by atoms with Crippen LogP contribution >= 0.6 is 0 Å². The van der Waals surface area contributed by atoms with Crippen molar-refractivity contribution in [1.29, 1.82) is 0 Å². The highest BCUT2D eigenvalue weighted by Crippen LogP contribution is 2.26. The van der Waals surface area contributed by atoms with E-state index in [2.05, 4.69) is 27.3 Å². The molecule has 2 heterocycles. The second-order valence-corrected chi connectivity index (χ2v) is 7.64. The first-order chi connectivity index (χ1) is 15.3. The highest BCUT2D eigenvalue weighted by atomic mass is 16.5. The Morgan fingerprint density at radius 2 is 2.10 bits per heavy atom. The summed E-state index contributed by atoms with van der Waals surface area (Å²) in [7, 11) is 0. The average Bonchev–Trinajstić information content (AvgIpc) is 2.82. The molecule has 3 aromatic rings. The third kappa shape index (κ3) is 5.21. The molecule has 162 valence electrons. The molecule has 6 nitrogen and oxygen atoms in total. The van der Waals surface area contributed by atoms with Crippen LogP contribution in [0.5, 0.6) is 5.75 Å².